The summed E-state index contributed by atoms with van der Waals surface area (Å²) in [5.41, 5.74) is 2.10. The number of nitrogens with one attached hydrogen (secondary N) is 1. The summed E-state index contributed by atoms with van der Waals surface area (Å²) in [7, 11) is 0. The fourth-order valence-corrected chi connectivity index (χ4v) is 4.17. The topological polar surface area (TPSA) is 79.2 Å². The van der Waals surface area contributed by atoms with Crippen LogP contribution in [0.1, 0.15) is 40.9 Å². The zero-order valence-electron chi connectivity index (χ0n) is 14.9. The number of halogens is 3. The Morgan fingerprint density at radius 1 is 1.14 bits per heavy atom. The summed E-state index contributed by atoms with van der Waals surface area (Å²) in [6, 6.07) is 1.18. The molecule has 0 aromatic carbocycles. The van der Waals surface area contributed by atoms with Crippen LogP contribution in [0.2, 0.25) is 0 Å². The maximum Gasteiger partial charge on any atom is 0.417 e. The van der Waals surface area contributed by atoms with Gasteiger partial charge in [0.25, 0.3) is 5.78 Å². The van der Waals surface area contributed by atoms with Gasteiger partial charge in [0.2, 0.25) is 0 Å². The van der Waals surface area contributed by atoms with Gasteiger partial charge in [0.1, 0.15) is 5.82 Å². The maximum absolute atomic E-state index is 13.1. The van der Waals surface area contributed by atoms with Crippen LogP contribution in [0.3, 0.4) is 0 Å². The Labute approximate surface area is 157 Å². The summed E-state index contributed by atoms with van der Waals surface area (Å²) in [6.45, 7) is 0.909. The molecule has 0 radical (unpaired) electrons. The van der Waals surface area contributed by atoms with E-state index in [0.717, 1.165) is 43.1 Å². The van der Waals surface area contributed by atoms with Crippen molar-refractivity contribution in [2.75, 3.05) is 11.4 Å². The van der Waals surface area contributed by atoms with Crippen LogP contribution < -0.4 is 10.6 Å². The number of hydrogen-bond donors (Lipinski definition) is 1. The molecule has 10 heteroatoms. The summed E-state index contributed by atoms with van der Waals surface area (Å²) in [5.74, 6) is 1.01. The highest BCUT2D eigenvalue weighted by atomic mass is 19.4. The minimum absolute atomic E-state index is 0.300. The Bertz CT molecular complexity index is 1130. The Kier molecular flexibility index (Phi) is 3.72. The number of rotatable bonds is 1. The molecule has 0 amide bonds. The number of aromatic nitrogens is 5. The molecule has 1 N–H and O–H groups in total. The Balaban J connectivity index is 1.60. The lowest BCUT2D eigenvalue weighted by atomic mass is 9.95. The second kappa shape index (κ2) is 6.05. The van der Waals surface area contributed by atoms with Crippen molar-refractivity contribution in [3.63, 3.8) is 0 Å². The van der Waals surface area contributed by atoms with Crippen molar-refractivity contribution in [2.45, 2.75) is 44.8 Å². The van der Waals surface area contributed by atoms with Gasteiger partial charge in [-0.3, -0.25) is 4.98 Å². The number of aryl methyl sites for hydroxylation is 1. The lowest BCUT2D eigenvalue weighted by Crippen LogP contribution is -2.34. The molecule has 3 aromatic rings. The lowest BCUT2D eigenvalue weighted by molar-refractivity contribution is -0.137. The van der Waals surface area contributed by atoms with E-state index in [1.807, 2.05) is 4.90 Å². The van der Waals surface area contributed by atoms with Crippen LogP contribution in [0.5, 0.6) is 0 Å². The molecule has 146 valence electrons. The molecule has 5 rings (SSSR count). The molecule has 0 saturated carbocycles. The molecule has 1 aliphatic heterocycles. The van der Waals surface area contributed by atoms with Crippen molar-refractivity contribution >= 4 is 11.6 Å². The van der Waals surface area contributed by atoms with Gasteiger partial charge >= 0.3 is 11.9 Å². The van der Waals surface area contributed by atoms with Gasteiger partial charge in [0.15, 0.2) is 0 Å². The molecule has 1 aliphatic carbocycles. The Hall–Kier alpha value is -2.91. The van der Waals surface area contributed by atoms with E-state index < -0.39 is 11.7 Å². The number of fused-ring (bicyclic) bond motifs is 4. The first-order chi connectivity index (χ1) is 13.4. The van der Waals surface area contributed by atoms with Crippen LogP contribution in [0, 0.1) is 0 Å². The molecule has 28 heavy (non-hydrogen) atoms. The highest BCUT2D eigenvalue weighted by Gasteiger charge is 2.33. The number of H-pyrrole nitrogens is 1. The molecule has 0 fully saturated rings. The zero-order chi connectivity index (χ0) is 19.5. The quantitative estimate of drug-likeness (QED) is 0.690. The summed E-state index contributed by atoms with van der Waals surface area (Å²) in [6.07, 6.45) is 0.533. The van der Waals surface area contributed by atoms with E-state index >= 15 is 0 Å². The predicted molar refractivity (Wildman–Crippen MR) is 94.2 cm³/mol. The molecule has 0 unspecified atom stereocenters. The first-order valence-corrected chi connectivity index (χ1v) is 9.20. The summed E-state index contributed by atoms with van der Waals surface area (Å²) >= 11 is 0. The molecule has 0 saturated heterocycles. The third-order valence-corrected chi connectivity index (χ3v) is 5.51. The fraction of sp³-hybridized carbons (Fsp3) is 0.444. The predicted octanol–water partition coefficient (Wildman–Crippen LogP) is 2.27. The average Bonchev–Trinajstić information content (AvgIpc) is 3.07. The molecule has 0 spiro atoms. The first kappa shape index (κ1) is 17.2. The van der Waals surface area contributed by atoms with Gasteiger partial charge in [-0.05, 0) is 37.3 Å². The molecule has 0 atom stereocenters. The van der Waals surface area contributed by atoms with Gasteiger partial charge in [-0.2, -0.15) is 18.2 Å². The van der Waals surface area contributed by atoms with Crippen molar-refractivity contribution in [1.82, 2.24) is 24.6 Å². The largest absolute Gasteiger partial charge is 0.417 e. The molecule has 7 nitrogen and oxygen atoms in total. The molecular formula is C18H17F3N6O. The number of nitrogens with zero attached hydrogens (tertiary/aromatic N) is 5. The second-order valence-electron chi connectivity index (χ2n) is 7.23. The van der Waals surface area contributed by atoms with Gasteiger partial charge in [-0.1, -0.05) is 0 Å². The van der Waals surface area contributed by atoms with E-state index in [9.17, 15) is 18.0 Å². The zero-order valence-corrected chi connectivity index (χ0v) is 14.9. The van der Waals surface area contributed by atoms with E-state index in [4.69, 9.17) is 0 Å². The van der Waals surface area contributed by atoms with E-state index in [-0.39, 0.29) is 5.69 Å². The minimum Gasteiger partial charge on any atom is -0.351 e. The molecule has 4 heterocycles. The summed E-state index contributed by atoms with van der Waals surface area (Å²) in [5, 5.41) is 6.44. The number of pyridine rings is 1. The van der Waals surface area contributed by atoms with Crippen molar-refractivity contribution < 1.29 is 13.2 Å². The van der Waals surface area contributed by atoms with Crippen LogP contribution >= 0.6 is 0 Å². The highest BCUT2D eigenvalue weighted by Crippen LogP contribution is 2.34. The number of hydrogen-bond acceptors (Lipinski definition) is 5. The van der Waals surface area contributed by atoms with Gasteiger partial charge in [0, 0.05) is 42.7 Å². The van der Waals surface area contributed by atoms with Gasteiger partial charge in [-0.25, -0.2) is 14.3 Å². The molecule has 2 aliphatic rings. The summed E-state index contributed by atoms with van der Waals surface area (Å²) in [4.78, 5) is 22.7. The SMILES string of the molecule is O=c1[nH]nc2nc(N3CCc4ncc(C(F)(F)F)cc4C3)c3c(n12)CCCC3. The van der Waals surface area contributed by atoms with E-state index in [1.165, 1.54) is 10.5 Å². The smallest absolute Gasteiger partial charge is 0.351 e. The molecular weight excluding hydrogens is 373 g/mol. The maximum atomic E-state index is 13.1. The monoisotopic (exact) mass is 390 g/mol. The van der Waals surface area contributed by atoms with Crippen LogP contribution in [0.25, 0.3) is 5.78 Å². The number of anilines is 1. The minimum atomic E-state index is -4.42. The molecule has 3 aromatic heterocycles. The number of aromatic amines is 1. The van der Waals surface area contributed by atoms with E-state index in [0.29, 0.717) is 42.4 Å². The Morgan fingerprint density at radius 2 is 1.96 bits per heavy atom. The van der Waals surface area contributed by atoms with Crippen molar-refractivity contribution in [3.05, 3.63) is 50.8 Å². The van der Waals surface area contributed by atoms with Gasteiger partial charge < -0.3 is 4.90 Å². The normalized spacial score (nSPS) is 16.9. The van der Waals surface area contributed by atoms with Crippen molar-refractivity contribution in [2.24, 2.45) is 0 Å². The lowest BCUT2D eigenvalue weighted by Gasteiger charge is -2.32. The van der Waals surface area contributed by atoms with Crippen LogP contribution in [-0.2, 0) is 32.0 Å². The highest BCUT2D eigenvalue weighted by molar-refractivity contribution is 5.56. The van der Waals surface area contributed by atoms with Gasteiger partial charge in [-0.15, -0.1) is 5.10 Å². The van der Waals surface area contributed by atoms with Gasteiger partial charge in [0.05, 0.1) is 5.56 Å². The first-order valence-electron chi connectivity index (χ1n) is 9.20. The van der Waals surface area contributed by atoms with Crippen LogP contribution in [0.15, 0.2) is 17.1 Å². The molecule has 0 bridgehead atoms. The standard InChI is InChI=1S/C18H17F3N6O/c19-18(20,21)11-7-10-9-26(6-5-13(10)22-8-11)15-12-3-1-2-4-14(12)27-16(23-15)24-25-17(27)28/h7-8H,1-6,9H2,(H,25,28). The summed E-state index contributed by atoms with van der Waals surface area (Å²) < 4.78 is 40.7. The van der Waals surface area contributed by atoms with E-state index in [1.54, 1.807) is 0 Å². The van der Waals surface area contributed by atoms with Crippen molar-refractivity contribution in [3.8, 4) is 0 Å². The average molecular weight is 390 g/mol. The van der Waals surface area contributed by atoms with Crippen molar-refractivity contribution in [1.29, 1.82) is 0 Å². The van der Waals surface area contributed by atoms with Crippen LogP contribution in [-0.4, -0.2) is 31.1 Å². The fourth-order valence-electron chi connectivity index (χ4n) is 4.17. The van der Waals surface area contributed by atoms with E-state index in [2.05, 4.69) is 20.2 Å². The number of alkyl halides is 3. The third-order valence-electron chi connectivity index (χ3n) is 5.51. The second-order valence-corrected chi connectivity index (χ2v) is 7.23. The van der Waals surface area contributed by atoms with Crippen LogP contribution in [0.4, 0.5) is 19.0 Å². The Morgan fingerprint density at radius 3 is 2.79 bits per heavy atom. The third kappa shape index (κ3) is 2.66.